The number of nitrogens with two attached hydrogens (primary N) is 1. The monoisotopic (exact) mass is 525 g/mol. The highest BCUT2D eigenvalue weighted by molar-refractivity contribution is 6.00. The van der Waals surface area contributed by atoms with Crippen LogP contribution in [0, 0.1) is 5.82 Å². The Bertz CT molecular complexity index is 1620. The Balaban J connectivity index is 1.41. The van der Waals surface area contributed by atoms with Crippen molar-refractivity contribution in [2.75, 3.05) is 24.3 Å². The average molecular weight is 526 g/mol. The molecule has 39 heavy (non-hydrogen) atoms. The molecule has 0 saturated heterocycles. The number of halogens is 1. The van der Waals surface area contributed by atoms with Crippen molar-refractivity contribution >= 4 is 40.2 Å². The van der Waals surface area contributed by atoms with Gasteiger partial charge in [-0.3, -0.25) is 4.79 Å². The number of nitrogens with zero attached hydrogens (tertiary/aromatic N) is 4. The number of ether oxygens (including phenoxy) is 1. The number of aromatic nitrogens is 4. The molecule has 196 valence electrons. The number of fused-ring (bicyclic) bond motifs is 1. The molecule has 11 heteroatoms. The molecule has 1 unspecified atom stereocenters. The summed E-state index contributed by atoms with van der Waals surface area (Å²) in [6.45, 7) is -0.00720. The topological polar surface area (TPSA) is 139 Å². The van der Waals surface area contributed by atoms with Gasteiger partial charge < -0.3 is 25.7 Å². The van der Waals surface area contributed by atoms with Crippen molar-refractivity contribution < 1.29 is 18.7 Å². The van der Waals surface area contributed by atoms with Crippen molar-refractivity contribution in [3.05, 3.63) is 96.6 Å². The number of nitrogens with one attached hydrogen (secondary N) is 2. The van der Waals surface area contributed by atoms with E-state index in [9.17, 15) is 14.0 Å². The van der Waals surface area contributed by atoms with Crippen molar-refractivity contribution in [3.8, 4) is 11.4 Å². The predicted molar refractivity (Wildman–Crippen MR) is 145 cm³/mol. The van der Waals surface area contributed by atoms with Crippen molar-refractivity contribution in [1.82, 2.24) is 25.3 Å². The molecule has 0 fully saturated rings. The Morgan fingerprint density at radius 3 is 2.59 bits per heavy atom. The highest BCUT2D eigenvalue weighted by atomic mass is 19.1. The number of benzene rings is 2. The summed E-state index contributed by atoms with van der Waals surface area (Å²) in [6, 6.07) is 18.7. The Labute approximate surface area is 222 Å². The maximum Gasteiger partial charge on any atom is 0.330 e. The molecule has 0 aliphatic heterocycles. The van der Waals surface area contributed by atoms with Gasteiger partial charge in [0, 0.05) is 34.5 Å². The summed E-state index contributed by atoms with van der Waals surface area (Å²) < 4.78 is 18.6. The van der Waals surface area contributed by atoms with Gasteiger partial charge in [-0.15, -0.1) is 0 Å². The van der Waals surface area contributed by atoms with E-state index in [-0.39, 0.29) is 12.5 Å². The van der Waals surface area contributed by atoms with Gasteiger partial charge in [-0.2, -0.15) is 0 Å². The lowest BCUT2D eigenvalue weighted by Crippen LogP contribution is -2.48. The van der Waals surface area contributed by atoms with Gasteiger partial charge in [-0.1, -0.05) is 6.07 Å². The SMILES string of the molecule is COC(=O)C(CN(c1ccc(F)cc1)c1ccccn1)NC(=O)c1ccc2[nH]c(-c3ccnc(N)n3)cc2c1. The van der Waals surface area contributed by atoms with Crippen LogP contribution in [0.4, 0.5) is 21.8 Å². The van der Waals surface area contributed by atoms with Crippen LogP contribution in [-0.2, 0) is 9.53 Å². The van der Waals surface area contributed by atoms with Crippen LogP contribution in [0.25, 0.3) is 22.3 Å². The summed E-state index contributed by atoms with van der Waals surface area (Å²) in [5.41, 5.74) is 8.76. The van der Waals surface area contributed by atoms with E-state index in [0.717, 1.165) is 16.6 Å². The largest absolute Gasteiger partial charge is 0.467 e. The van der Waals surface area contributed by atoms with E-state index in [1.165, 1.54) is 19.2 Å². The summed E-state index contributed by atoms with van der Waals surface area (Å²) in [5.74, 6) is -0.845. The number of nitrogen functional groups attached to an aromatic ring is 1. The van der Waals surface area contributed by atoms with E-state index in [1.807, 2.05) is 6.07 Å². The maximum absolute atomic E-state index is 13.6. The quantitative estimate of drug-likeness (QED) is 0.260. The number of methoxy groups -OCH3 is 1. The molecule has 0 bridgehead atoms. The van der Waals surface area contributed by atoms with Crippen molar-refractivity contribution in [3.63, 3.8) is 0 Å². The highest BCUT2D eigenvalue weighted by Crippen LogP contribution is 2.26. The fraction of sp³-hybridized carbons (Fsp3) is 0.107. The number of hydrogen-bond acceptors (Lipinski definition) is 8. The Kier molecular flexibility index (Phi) is 7.13. The zero-order valence-corrected chi connectivity index (χ0v) is 20.8. The van der Waals surface area contributed by atoms with Gasteiger partial charge >= 0.3 is 5.97 Å². The van der Waals surface area contributed by atoms with Gasteiger partial charge in [-0.25, -0.2) is 24.1 Å². The van der Waals surface area contributed by atoms with Gasteiger partial charge in [0.05, 0.1) is 25.0 Å². The van der Waals surface area contributed by atoms with E-state index in [4.69, 9.17) is 10.5 Å². The Morgan fingerprint density at radius 2 is 1.87 bits per heavy atom. The number of esters is 1. The normalized spacial score (nSPS) is 11.6. The molecule has 0 aliphatic carbocycles. The highest BCUT2D eigenvalue weighted by Gasteiger charge is 2.27. The first-order chi connectivity index (χ1) is 18.9. The summed E-state index contributed by atoms with van der Waals surface area (Å²) in [7, 11) is 1.25. The lowest BCUT2D eigenvalue weighted by atomic mass is 10.1. The first-order valence-corrected chi connectivity index (χ1v) is 12.0. The zero-order valence-electron chi connectivity index (χ0n) is 20.8. The van der Waals surface area contributed by atoms with Crippen LogP contribution in [0.15, 0.2) is 85.2 Å². The molecule has 1 atom stereocenters. The molecule has 5 rings (SSSR count). The van der Waals surface area contributed by atoms with Crippen molar-refractivity contribution in [2.24, 2.45) is 0 Å². The first kappa shape index (κ1) is 25.3. The van der Waals surface area contributed by atoms with Gasteiger partial charge in [0.25, 0.3) is 5.91 Å². The van der Waals surface area contributed by atoms with Crippen LogP contribution in [0.2, 0.25) is 0 Å². The van der Waals surface area contributed by atoms with Gasteiger partial charge in [0.2, 0.25) is 5.95 Å². The number of carbonyl (C=O) groups excluding carboxylic acids is 2. The summed E-state index contributed by atoms with van der Waals surface area (Å²) >= 11 is 0. The molecular weight excluding hydrogens is 501 g/mol. The molecule has 0 radical (unpaired) electrons. The number of hydrogen-bond donors (Lipinski definition) is 3. The number of carbonyl (C=O) groups is 2. The van der Waals surface area contributed by atoms with E-state index in [0.29, 0.717) is 22.8 Å². The van der Waals surface area contributed by atoms with E-state index in [2.05, 4.69) is 25.3 Å². The van der Waals surface area contributed by atoms with Crippen molar-refractivity contribution in [2.45, 2.75) is 6.04 Å². The number of anilines is 3. The maximum atomic E-state index is 13.6. The molecule has 10 nitrogen and oxygen atoms in total. The molecule has 5 aromatic rings. The predicted octanol–water partition coefficient (Wildman–Crippen LogP) is 3.85. The van der Waals surface area contributed by atoms with Crippen LogP contribution >= 0.6 is 0 Å². The summed E-state index contributed by atoms with van der Waals surface area (Å²) in [5, 5.41) is 3.54. The minimum atomic E-state index is -1.06. The molecule has 0 saturated carbocycles. The van der Waals surface area contributed by atoms with Crippen LogP contribution < -0.4 is 16.0 Å². The molecule has 0 spiro atoms. The first-order valence-electron chi connectivity index (χ1n) is 12.0. The van der Waals surface area contributed by atoms with Gasteiger partial charge in [0.15, 0.2) is 0 Å². The molecule has 3 heterocycles. The van der Waals surface area contributed by atoms with E-state index < -0.39 is 23.7 Å². The smallest absolute Gasteiger partial charge is 0.330 e. The van der Waals surface area contributed by atoms with E-state index in [1.54, 1.807) is 71.9 Å². The third-order valence-electron chi connectivity index (χ3n) is 6.05. The standard InChI is InChI=1S/C28H24FN7O3/c1-39-27(38)24(16-36(25-4-2-3-12-31-25)20-8-6-19(29)7-9-20)34-26(37)17-5-10-21-18(14-17)15-23(33-21)22-11-13-32-28(30)35-22/h2-15,24,33H,16H2,1H3,(H,34,37)(H2,30,32,35). The van der Waals surface area contributed by atoms with Gasteiger partial charge in [-0.05, 0) is 66.7 Å². The molecule has 3 aromatic heterocycles. The second kappa shape index (κ2) is 11.0. The van der Waals surface area contributed by atoms with E-state index >= 15 is 0 Å². The summed E-state index contributed by atoms with van der Waals surface area (Å²) in [4.78, 5) is 43.5. The lowest BCUT2D eigenvalue weighted by Gasteiger charge is -2.28. The molecule has 2 aromatic carbocycles. The average Bonchev–Trinajstić information content (AvgIpc) is 3.39. The number of rotatable bonds is 8. The molecule has 1 amide bonds. The summed E-state index contributed by atoms with van der Waals surface area (Å²) in [6.07, 6.45) is 3.17. The third-order valence-corrected chi connectivity index (χ3v) is 6.05. The molecule has 4 N–H and O–H groups in total. The molecular formula is C28H24FN7O3. The van der Waals surface area contributed by atoms with Crippen LogP contribution in [0.5, 0.6) is 0 Å². The minimum absolute atomic E-state index is 0.00720. The van der Waals surface area contributed by atoms with Crippen LogP contribution in [0.3, 0.4) is 0 Å². The molecule has 0 aliphatic rings. The van der Waals surface area contributed by atoms with Crippen molar-refractivity contribution in [1.29, 1.82) is 0 Å². The van der Waals surface area contributed by atoms with Gasteiger partial charge in [0.1, 0.15) is 17.7 Å². The zero-order chi connectivity index (χ0) is 27.4. The second-order valence-corrected chi connectivity index (χ2v) is 8.61. The number of H-pyrrole nitrogens is 1. The fourth-order valence-electron chi connectivity index (χ4n) is 4.15. The van der Waals surface area contributed by atoms with Crippen LogP contribution in [0.1, 0.15) is 10.4 Å². The Hall–Kier alpha value is -5.32. The second-order valence-electron chi connectivity index (χ2n) is 8.61. The number of aromatic amines is 1. The van der Waals surface area contributed by atoms with Crippen LogP contribution in [-0.4, -0.2) is 51.5 Å². The lowest BCUT2D eigenvalue weighted by molar-refractivity contribution is -0.142. The third kappa shape index (κ3) is 5.67. The minimum Gasteiger partial charge on any atom is -0.467 e. The Morgan fingerprint density at radius 1 is 1.05 bits per heavy atom. The number of amides is 1. The fourth-order valence-corrected chi connectivity index (χ4v) is 4.15. The number of pyridine rings is 1.